The minimum Gasteiger partial charge on any atom is -0.152 e. The zero-order valence-corrected chi connectivity index (χ0v) is 7.08. The highest BCUT2D eigenvalue weighted by Crippen LogP contribution is 2.27. The summed E-state index contributed by atoms with van der Waals surface area (Å²) < 4.78 is 0. The summed E-state index contributed by atoms with van der Waals surface area (Å²) in [5, 5.41) is 4.62. The first-order valence-corrected chi connectivity index (χ1v) is 4.84. The van der Waals surface area contributed by atoms with E-state index in [4.69, 9.17) is 0 Å². The van der Waals surface area contributed by atoms with E-state index in [1.165, 1.54) is 19.3 Å². The lowest BCUT2D eigenvalue weighted by Gasteiger charge is -2.17. The van der Waals surface area contributed by atoms with Gasteiger partial charge in [-0.3, -0.25) is 0 Å². The summed E-state index contributed by atoms with van der Waals surface area (Å²) in [6.07, 6.45) is 4.03. The molecule has 1 heteroatoms. The summed E-state index contributed by atoms with van der Waals surface area (Å²) in [6, 6.07) is 0. The lowest BCUT2D eigenvalue weighted by Crippen LogP contribution is -2.08. The molecule has 1 heterocycles. The largest absolute Gasteiger partial charge is 0.152 e. The monoisotopic (exact) mass is 152 g/mol. The molecule has 1 unspecified atom stereocenters. The van der Waals surface area contributed by atoms with E-state index in [1.807, 2.05) is 11.3 Å². The fourth-order valence-corrected chi connectivity index (χ4v) is 2.54. The minimum absolute atomic E-state index is 0.919. The van der Waals surface area contributed by atoms with Gasteiger partial charge < -0.3 is 0 Å². The van der Waals surface area contributed by atoms with Gasteiger partial charge in [0.15, 0.2) is 0 Å². The van der Waals surface area contributed by atoms with Gasteiger partial charge in [0, 0.05) is 0 Å². The van der Waals surface area contributed by atoms with Crippen LogP contribution >= 0.6 is 11.3 Å². The average Bonchev–Trinajstić information content (AvgIpc) is 2.33. The van der Waals surface area contributed by atoms with Crippen LogP contribution in [0.4, 0.5) is 0 Å². The number of thiophene rings is 1. The van der Waals surface area contributed by atoms with Crippen LogP contribution in [0, 0.1) is 5.92 Å². The van der Waals surface area contributed by atoms with E-state index in [9.17, 15) is 0 Å². The molecule has 0 aromatic carbocycles. The number of rotatable bonds is 0. The molecular weight excluding hydrogens is 140 g/mol. The van der Waals surface area contributed by atoms with Gasteiger partial charge in [-0.2, -0.15) is 11.3 Å². The molecule has 1 aromatic heterocycles. The maximum absolute atomic E-state index is 2.35. The van der Waals surface area contributed by atoms with Crippen LogP contribution in [0.25, 0.3) is 0 Å². The second kappa shape index (κ2) is 2.39. The van der Waals surface area contributed by atoms with Crippen molar-refractivity contribution in [3.8, 4) is 0 Å². The Labute approximate surface area is 65.9 Å². The highest BCUT2D eigenvalue weighted by Gasteiger charge is 2.14. The van der Waals surface area contributed by atoms with E-state index in [-0.39, 0.29) is 0 Å². The zero-order valence-electron chi connectivity index (χ0n) is 6.26. The van der Waals surface area contributed by atoms with Gasteiger partial charge in [0.25, 0.3) is 0 Å². The summed E-state index contributed by atoms with van der Waals surface area (Å²) in [7, 11) is 0. The number of hydrogen-bond acceptors (Lipinski definition) is 1. The standard InChI is InChI=1S/C9H12S/c1-7-2-3-8-5-10-6-9(8)4-7/h5-7H,2-4H2,1H3. The smallest absolute Gasteiger partial charge is 0.00583 e. The van der Waals surface area contributed by atoms with Crippen molar-refractivity contribution in [1.82, 2.24) is 0 Å². The Balaban J connectivity index is 2.30. The predicted octanol–water partition coefficient (Wildman–Crippen LogP) is 2.87. The van der Waals surface area contributed by atoms with Crippen LogP contribution in [0.3, 0.4) is 0 Å². The van der Waals surface area contributed by atoms with Crippen molar-refractivity contribution < 1.29 is 0 Å². The SMILES string of the molecule is CC1CCc2cscc2C1. The van der Waals surface area contributed by atoms with Crippen molar-refractivity contribution in [2.24, 2.45) is 5.92 Å². The van der Waals surface area contributed by atoms with Crippen LogP contribution in [0.15, 0.2) is 10.8 Å². The third kappa shape index (κ3) is 0.988. The highest BCUT2D eigenvalue weighted by atomic mass is 32.1. The summed E-state index contributed by atoms with van der Waals surface area (Å²) in [5.74, 6) is 0.919. The molecular formula is C9H12S. The fourth-order valence-electron chi connectivity index (χ4n) is 1.63. The molecule has 0 aliphatic heterocycles. The van der Waals surface area contributed by atoms with Gasteiger partial charge in [-0.1, -0.05) is 6.92 Å². The van der Waals surface area contributed by atoms with Gasteiger partial charge >= 0.3 is 0 Å². The van der Waals surface area contributed by atoms with Crippen molar-refractivity contribution in [2.75, 3.05) is 0 Å². The van der Waals surface area contributed by atoms with Crippen molar-refractivity contribution in [3.63, 3.8) is 0 Å². The van der Waals surface area contributed by atoms with Gasteiger partial charge in [0.05, 0.1) is 0 Å². The third-order valence-electron chi connectivity index (χ3n) is 2.31. The lowest BCUT2D eigenvalue weighted by atomic mass is 9.88. The molecule has 0 bridgehead atoms. The molecule has 0 spiro atoms. The summed E-state index contributed by atoms with van der Waals surface area (Å²) in [5.41, 5.74) is 3.23. The molecule has 1 atom stereocenters. The van der Waals surface area contributed by atoms with Crippen LogP contribution in [-0.4, -0.2) is 0 Å². The van der Waals surface area contributed by atoms with E-state index < -0.39 is 0 Å². The van der Waals surface area contributed by atoms with Gasteiger partial charge in [0.2, 0.25) is 0 Å². The maximum Gasteiger partial charge on any atom is -0.00583 e. The topological polar surface area (TPSA) is 0 Å². The first-order chi connectivity index (χ1) is 4.86. The van der Waals surface area contributed by atoms with Crippen LogP contribution in [-0.2, 0) is 12.8 Å². The Kier molecular flexibility index (Phi) is 1.53. The Morgan fingerprint density at radius 1 is 1.40 bits per heavy atom. The molecule has 0 saturated carbocycles. The zero-order chi connectivity index (χ0) is 6.97. The quantitative estimate of drug-likeness (QED) is 0.536. The molecule has 0 fully saturated rings. The van der Waals surface area contributed by atoms with Crippen molar-refractivity contribution in [1.29, 1.82) is 0 Å². The van der Waals surface area contributed by atoms with E-state index in [1.54, 1.807) is 11.1 Å². The van der Waals surface area contributed by atoms with Crippen molar-refractivity contribution in [3.05, 3.63) is 21.9 Å². The average molecular weight is 152 g/mol. The molecule has 10 heavy (non-hydrogen) atoms. The second-order valence-corrected chi connectivity index (χ2v) is 4.01. The van der Waals surface area contributed by atoms with E-state index in [0.717, 1.165) is 5.92 Å². The lowest BCUT2D eigenvalue weighted by molar-refractivity contribution is 0.503. The van der Waals surface area contributed by atoms with Crippen molar-refractivity contribution in [2.45, 2.75) is 26.2 Å². The predicted molar refractivity (Wildman–Crippen MR) is 45.5 cm³/mol. The maximum atomic E-state index is 2.35. The summed E-state index contributed by atoms with van der Waals surface area (Å²) >= 11 is 1.86. The molecule has 0 nitrogen and oxygen atoms in total. The minimum atomic E-state index is 0.919. The van der Waals surface area contributed by atoms with Gasteiger partial charge in [0.1, 0.15) is 0 Å². The summed E-state index contributed by atoms with van der Waals surface area (Å²) in [4.78, 5) is 0. The van der Waals surface area contributed by atoms with E-state index in [0.29, 0.717) is 0 Å². The Morgan fingerprint density at radius 3 is 3.10 bits per heavy atom. The van der Waals surface area contributed by atoms with Crippen LogP contribution < -0.4 is 0 Å². The number of hydrogen-bond donors (Lipinski definition) is 0. The molecule has 0 N–H and O–H groups in total. The molecule has 1 aliphatic carbocycles. The molecule has 0 radical (unpaired) electrons. The third-order valence-corrected chi connectivity index (χ3v) is 3.15. The number of aryl methyl sites for hydroxylation is 1. The highest BCUT2D eigenvalue weighted by molar-refractivity contribution is 7.08. The first kappa shape index (κ1) is 6.41. The molecule has 0 saturated heterocycles. The number of fused-ring (bicyclic) bond motifs is 1. The molecule has 0 amide bonds. The van der Waals surface area contributed by atoms with E-state index >= 15 is 0 Å². The molecule has 2 rings (SSSR count). The molecule has 1 aliphatic rings. The Morgan fingerprint density at radius 2 is 2.20 bits per heavy atom. The fraction of sp³-hybridized carbons (Fsp3) is 0.556. The van der Waals surface area contributed by atoms with Crippen LogP contribution in [0.1, 0.15) is 24.5 Å². The Hall–Kier alpha value is -0.300. The van der Waals surface area contributed by atoms with E-state index in [2.05, 4.69) is 17.7 Å². The summed E-state index contributed by atoms with van der Waals surface area (Å²) in [6.45, 7) is 2.35. The van der Waals surface area contributed by atoms with Crippen LogP contribution in [0.2, 0.25) is 0 Å². The van der Waals surface area contributed by atoms with Gasteiger partial charge in [-0.15, -0.1) is 0 Å². The molecule has 54 valence electrons. The van der Waals surface area contributed by atoms with Crippen LogP contribution in [0.5, 0.6) is 0 Å². The first-order valence-electron chi connectivity index (χ1n) is 3.90. The van der Waals surface area contributed by atoms with Gasteiger partial charge in [-0.05, 0) is 47.1 Å². The normalized spacial score (nSPS) is 24.3. The van der Waals surface area contributed by atoms with Gasteiger partial charge in [-0.25, -0.2) is 0 Å². The molecule has 1 aromatic rings. The second-order valence-electron chi connectivity index (χ2n) is 3.27. The van der Waals surface area contributed by atoms with Crippen molar-refractivity contribution >= 4 is 11.3 Å². The Bertz CT molecular complexity index is 224.